The highest BCUT2D eigenvalue weighted by Gasteiger charge is 2.42. The van der Waals surface area contributed by atoms with Gasteiger partial charge in [0.1, 0.15) is 0 Å². The van der Waals surface area contributed by atoms with Crippen molar-refractivity contribution < 1.29 is 14.6 Å². The van der Waals surface area contributed by atoms with E-state index in [1.165, 1.54) is 0 Å². The van der Waals surface area contributed by atoms with Crippen molar-refractivity contribution in [1.82, 2.24) is 9.55 Å². The van der Waals surface area contributed by atoms with Gasteiger partial charge in [-0.1, -0.05) is 30.3 Å². The van der Waals surface area contributed by atoms with Crippen molar-refractivity contribution in [2.24, 2.45) is 18.9 Å². The van der Waals surface area contributed by atoms with Gasteiger partial charge in [0.25, 0.3) is 0 Å². The van der Waals surface area contributed by atoms with Crippen LogP contribution in [-0.2, 0) is 23.0 Å². The minimum atomic E-state index is -0.838. The van der Waals surface area contributed by atoms with E-state index in [9.17, 15) is 9.90 Å². The number of aliphatic hydroxyl groups excluding tert-OH is 1. The Morgan fingerprint density at radius 2 is 2.19 bits per heavy atom. The summed E-state index contributed by atoms with van der Waals surface area (Å²) in [5.74, 6) is -0.913. The van der Waals surface area contributed by atoms with E-state index in [1.54, 1.807) is 6.33 Å². The minimum Gasteiger partial charge on any atom is -0.465 e. The Balaban J connectivity index is 1.79. The van der Waals surface area contributed by atoms with Crippen LogP contribution in [0.3, 0.4) is 0 Å². The maximum Gasteiger partial charge on any atom is 0.312 e. The monoisotopic (exact) mass is 286 g/mol. The second-order valence-corrected chi connectivity index (χ2v) is 5.51. The van der Waals surface area contributed by atoms with Crippen molar-refractivity contribution in [3.05, 3.63) is 54.1 Å². The molecular formula is C16H18N2O3. The van der Waals surface area contributed by atoms with Crippen LogP contribution >= 0.6 is 0 Å². The molecule has 0 bridgehead atoms. The van der Waals surface area contributed by atoms with Crippen LogP contribution in [0, 0.1) is 11.8 Å². The van der Waals surface area contributed by atoms with Gasteiger partial charge in [0.2, 0.25) is 0 Å². The lowest BCUT2D eigenvalue weighted by atomic mass is 9.84. The highest BCUT2D eigenvalue weighted by atomic mass is 16.5. The number of ether oxygens (including phenoxy) is 1. The summed E-state index contributed by atoms with van der Waals surface area (Å²) in [7, 11) is 1.91. The van der Waals surface area contributed by atoms with Gasteiger partial charge < -0.3 is 14.4 Å². The molecule has 1 aromatic heterocycles. The molecule has 5 heteroatoms. The molecular weight excluding hydrogens is 268 g/mol. The van der Waals surface area contributed by atoms with E-state index in [1.807, 2.05) is 48.1 Å². The number of aryl methyl sites for hydroxylation is 1. The molecule has 0 amide bonds. The molecule has 3 rings (SSSR count). The van der Waals surface area contributed by atoms with Gasteiger partial charge in [-0.3, -0.25) is 4.79 Å². The highest BCUT2D eigenvalue weighted by Crippen LogP contribution is 2.35. The van der Waals surface area contributed by atoms with Gasteiger partial charge in [-0.15, -0.1) is 0 Å². The van der Waals surface area contributed by atoms with Crippen LogP contribution in [0.4, 0.5) is 0 Å². The van der Waals surface area contributed by atoms with E-state index >= 15 is 0 Å². The third-order valence-electron chi connectivity index (χ3n) is 3.93. The summed E-state index contributed by atoms with van der Waals surface area (Å²) in [5.41, 5.74) is 1.65. The maximum absolute atomic E-state index is 12.0. The molecule has 0 aliphatic carbocycles. The van der Waals surface area contributed by atoms with Crippen LogP contribution in [0.5, 0.6) is 0 Å². The lowest BCUT2D eigenvalue weighted by molar-refractivity contribution is -0.144. The largest absolute Gasteiger partial charge is 0.465 e. The Kier molecular flexibility index (Phi) is 3.75. The van der Waals surface area contributed by atoms with Gasteiger partial charge in [0.15, 0.2) is 0 Å². The van der Waals surface area contributed by atoms with Gasteiger partial charge in [0.05, 0.1) is 30.7 Å². The summed E-state index contributed by atoms with van der Waals surface area (Å²) in [5, 5.41) is 10.5. The lowest BCUT2D eigenvalue weighted by Crippen LogP contribution is -2.25. The molecule has 21 heavy (non-hydrogen) atoms. The molecule has 0 spiro atoms. The molecule has 3 unspecified atom stereocenters. The molecule has 1 fully saturated rings. The van der Waals surface area contributed by atoms with Crippen molar-refractivity contribution in [3.8, 4) is 0 Å². The Labute approximate surface area is 123 Å². The van der Waals surface area contributed by atoms with Crippen LogP contribution < -0.4 is 0 Å². The smallest absolute Gasteiger partial charge is 0.312 e. The zero-order chi connectivity index (χ0) is 14.8. The van der Waals surface area contributed by atoms with Crippen molar-refractivity contribution in [1.29, 1.82) is 0 Å². The molecule has 0 saturated carbocycles. The van der Waals surface area contributed by atoms with E-state index in [0.29, 0.717) is 13.0 Å². The second kappa shape index (κ2) is 5.69. The first kappa shape index (κ1) is 13.8. The number of carbonyl (C=O) groups is 1. The van der Waals surface area contributed by atoms with E-state index < -0.39 is 12.0 Å². The number of esters is 1. The SMILES string of the molecule is Cn1cnc(CC2COC(=O)C2C(O)c2ccccc2)c1. The first-order chi connectivity index (χ1) is 10.1. The molecule has 5 nitrogen and oxygen atoms in total. The Hall–Kier alpha value is -2.14. The number of imidazole rings is 1. The first-order valence-electron chi connectivity index (χ1n) is 7.01. The molecule has 1 aliphatic rings. The van der Waals surface area contributed by atoms with Gasteiger partial charge in [0, 0.05) is 19.2 Å². The third kappa shape index (κ3) is 2.83. The van der Waals surface area contributed by atoms with E-state index in [4.69, 9.17) is 4.74 Å². The molecule has 1 N–H and O–H groups in total. The fourth-order valence-electron chi connectivity index (χ4n) is 2.85. The van der Waals surface area contributed by atoms with Crippen molar-refractivity contribution in [2.75, 3.05) is 6.61 Å². The van der Waals surface area contributed by atoms with Crippen LogP contribution in [0.25, 0.3) is 0 Å². The van der Waals surface area contributed by atoms with Crippen LogP contribution in [0.2, 0.25) is 0 Å². The molecule has 0 radical (unpaired) electrons. The number of aromatic nitrogens is 2. The predicted molar refractivity (Wildman–Crippen MR) is 76.3 cm³/mol. The average molecular weight is 286 g/mol. The van der Waals surface area contributed by atoms with Crippen molar-refractivity contribution in [3.63, 3.8) is 0 Å². The fourth-order valence-corrected chi connectivity index (χ4v) is 2.85. The quantitative estimate of drug-likeness (QED) is 0.865. The number of aliphatic hydroxyl groups is 1. The number of rotatable bonds is 4. The number of hydrogen-bond acceptors (Lipinski definition) is 4. The summed E-state index contributed by atoms with van der Waals surface area (Å²) in [6, 6.07) is 9.25. The zero-order valence-corrected chi connectivity index (χ0v) is 11.8. The molecule has 1 aromatic carbocycles. The number of hydrogen-bond donors (Lipinski definition) is 1. The van der Waals surface area contributed by atoms with Gasteiger partial charge in [-0.05, 0) is 12.0 Å². The topological polar surface area (TPSA) is 64.4 Å². The van der Waals surface area contributed by atoms with Crippen LogP contribution in [-0.4, -0.2) is 27.2 Å². The van der Waals surface area contributed by atoms with Crippen LogP contribution in [0.15, 0.2) is 42.9 Å². The molecule has 1 saturated heterocycles. The maximum atomic E-state index is 12.0. The van der Waals surface area contributed by atoms with E-state index in [-0.39, 0.29) is 11.9 Å². The second-order valence-electron chi connectivity index (χ2n) is 5.51. The van der Waals surface area contributed by atoms with E-state index in [0.717, 1.165) is 11.3 Å². The lowest BCUT2D eigenvalue weighted by Gasteiger charge is -2.20. The average Bonchev–Trinajstić information content (AvgIpc) is 3.06. The molecule has 3 atom stereocenters. The van der Waals surface area contributed by atoms with E-state index in [2.05, 4.69) is 4.98 Å². The summed E-state index contributed by atoms with van der Waals surface area (Å²) >= 11 is 0. The van der Waals surface area contributed by atoms with Gasteiger partial charge in [-0.25, -0.2) is 4.98 Å². The van der Waals surface area contributed by atoms with Crippen molar-refractivity contribution in [2.45, 2.75) is 12.5 Å². The normalized spacial score (nSPS) is 23.0. The Bertz CT molecular complexity index is 623. The van der Waals surface area contributed by atoms with Crippen LogP contribution in [0.1, 0.15) is 17.4 Å². The van der Waals surface area contributed by atoms with Gasteiger partial charge in [-0.2, -0.15) is 0 Å². The minimum absolute atomic E-state index is 0.0531. The summed E-state index contributed by atoms with van der Waals surface area (Å²) < 4.78 is 7.04. The number of carbonyl (C=O) groups excluding carboxylic acids is 1. The molecule has 2 heterocycles. The fraction of sp³-hybridized carbons (Fsp3) is 0.375. The zero-order valence-electron chi connectivity index (χ0n) is 11.8. The first-order valence-corrected chi connectivity index (χ1v) is 7.01. The number of cyclic esters (lactones) is 1. The Morgan fingerprint density at radius 1 is 1.43 bits per heavy atom. The standard InChI is InChI=1S/C16H18N2O3/c1-18-8-13(17-10-18)7-12-9-21-16(20)14(12)15(19)11-5-3-2-4-6-11/h2-6,8,10,12,14-15,19H,7,9H2,1H3. The van der Waals surface area contributed by atoms with Crippen molar-refractivity contribution >= 4 is 5.97 Å². The Morgan fingerprint density at radius 3 is 2.86 bits per heavy atom. The highest BCUT2D eigenvalue weighted by molar-refractivity contribution is 5.75. The molecule has 2 aromatic rings. The number of nitrogens with zero attached hydrogens (tertiary/aromatic N) is 2. The summed E-state index contributed by atoms with van der Waals surface area (Å²) in [6.07, 6.45) is 3.45. The summed E-state index contributed by atoms with van der Waals surface area (Å²) in [6.45, 7) is 0.337. The number of benzene rings is 1. The predicted octanol–water partition coefficient (Wildman–Crippen LogP) is 1.49. The van der Waals surface area contributed by atoms with Gasteiger partial charge >= 0.3 is 5.97 Å². The third-order valence-corrected chi connectivity index (χ3v) is 3.93. The molecule has 110 valence electrons. The summed E-state index contributed by atoms with van der Waals surface area (Å²) in [4.78, 5) is 16.3. The molecule has 1 aliphatic heterocycles.